The first-order valence-electron chi connectivity index (χ1n) is 44.2. The first-order valence-corrected chi connectivity index (χ1v) is 45.6. The average molecular weight is 1830 g/mol. The minimum atomic E-state index is -1.68. The Hall–Kier alpha value is -9.88. The number of nitrogens with one attached hydrogen (secondary N) is 18. The zero-order valence-electron chi connectivity index (χ0n) is 78.3. The van der Waals surface area contributed by atoms with E-state index in [1.54, 1.807) is 111 Å². The maximum Gasteiger partial charge on any atom is 0.322 e. The van der Waals surface area contributed by atoms with Crippen LogP contribution < -0.4 is 113 Å². The van der Waals surface area contributed by atoms with E-state index < -0.39 is 259 Å². The molecule has 0 saturated heterocycles. The molecule has 26 N–H and O–H groups in total. The standard InChI is InChI=1S/C84H153N21O21S/c1-22-48(15)67(83(125)100-60(37-45(9)10)79(121)94-53(20)71(113)101-61(41-106)75(117)89-39-63(108)95-58(35-43(5)6)80(122)98-59(36-44(7)8)78(120)92-50(17)69(111)90-40-64(109)110)105-82(124)66(47(13)14)102-72(114)51(18)91-62(107)38-88-74(116)57(34-42(3)4)99-81(123)65(46(11)12)103-84(126)68(49(16)23-2)104-77(119)56(29-25-27-32-86)96-70(112)52(19)93-76(118)55(28-24-26-31-85)97-73(115)54(87)30-33-127-21/h42-61,65-68,106H,22-41,85-87H2,1-21H3,(H,88,116)(H,89,117)(H,90,111)(H,91,107)(H,92,120)(H,93,118)(H,94,121)(H,95,108)(H,96,112)(H,97,115)(H,98,122)(H,99,123)(H,100,125)(H,101,113)(H,102,114)(H,103,126)(H,104,119)(H,105,124)(H,109,110)/t48-,49-,50-,51-,52-,53-,54-,55-,56-,57-,58-,59-,60-,61-,65-,66-,67-,68-/m0/s1. The van der Waals surface area contributed by atoms with Gasteiger partial charge in [-0.3, -0.25) is 91.1 Å². The van der Waals surface area contributed by atoms with Crippen LogP contribution in [-0.2, 0) is 91.1 Å². The van der Waals surface area contributed by atoms with Crippen LogP contribution in [0.15, 0.2) is 0 Å². The summed E-state index contributed by atoms with van der Waals surface area (Å²) < 4.78 is 0. The molecular weight excluding hydrogens is 1670 g/mol. The highest BCUT2D eigenvalue weighted by Gasteiger charge is 2.40. The Kier molecular flexibility index (Phi) is 56.8. The number of hydrogen-bond acceptors (Lipinski definition) is 24. The van der Waals surface area contributed by atoms with Gasteiger partial charge in [0.05, 0.1) is 25.7 Å². The fourth-order valence-electron chi connectivity index (χ4n) is 12.7. The van der Waals surface area contributed by atoms with Crippen LogP contribution in [0.3, 0.4) is 0 Å². The summed E-state index contributed by atoms with van der Waals surface area (Å²) in [7, 11) is 0. The molecule has 0 aliphatic heterocycles. The zero-order valence-corrected chi connectivity index (χ0v) is 79.1. The molecule has 0 saturated carbocycles. The summed E-state index contributed by atoms with van der Waals surface area (Å²) in [4.78, 5) is 258. The van der Waals surface area contributed by atoms with Gasteiger partial charge in [0.15, 0.2) is 0 Å². The molecule has 0 rings (SSSR count). The van der Waals surface area contributed by atoms with Gasteiger partial charge in [-0.25, -0.2) is 0 Å². The number of amides is 18. The Labute approximate surface area is 752 Å². The Morgan fingerprint density at radius 2 is 0.583 bits per heavy atom. The lowest BCUT2D eigenvalue weighted by atomic mass is 9.95. The topological polar surface area (TPSA) is 659 Å². The average Bonchev–Trinajstić information content (AvgIpc) is 0.891. The van der Waals surface area contributed by atoms with Gasteiger partial charge in [-0.05, 0) is 171 Å². The summed E-state index contributed by atoms with van der Waals surface area (Å²) in [5.74, 6) is -18.3. The maximum atomic E-state index is 14.4. The van der Waals surface area contributed by atoms with Crippen molar-refractivity contribution < 1.29 is 101 Å². The van der Waals surface area contributed by atoms with Gasteiger partial charge in [0.2, 0.25) is 106 Å². The molecule has 0 aromatic carbocycles. The van der Waals surface area contributed by atoms with Crippen molar-refractivity contribution >= 4 is 124 Å². The molecule has 0 unspecified atom stereocenters. The van der Waals surface area contributed by atoms with Gasteiger partial charge < -0.3 is 123 Å². The van der Waals surface area contributed by atoms with Crippen LogP contribution in [0.25, 0.3) is 0 Å². The van der Waals surface area contributed by atoms with E-state index in [1.807, 2.05) is 6.26 Å². The van der Waals surface area contributed by atoms with E-state index in [0.29, 0.717) is 57.2 Å². The third-order valence-corrected chi connectivity index (χ3v) is 21.3. The highest BCUT2D eigenvalue weighted by Crippen LogP contribution is 2.18. The first-order chi connectivity index (χ1) is 59.3. The Morgan fingerprint density at radius 1 is 0.299 bits per heavy atom. The lowest BCUT2D eigenvalue weighted by Gasteiger charge is -2.30. The van der Waals surface area contributed by atoms with E-state index >= 15 is 0 Å². The molecule has 0 aromatic heterocycles. The largest absolute Gasteiger partial charge is 0.480 e. The van der Waals surface area contributed by atoms with Crippen molar-refractivity contribution in [3.63, 3.8) is 0 Å². The molecule has 726 valence electrons. The number of rotatable bonds is 63. The number of carboxylic acids is 1. The second-order valence-electron chi connectivity index (χ2n) is 34.9. The predicted molar refractivity (Wildman–Crippen MR) is 479 cm³/mol. The Balaban J connectivity index is 6.31. The molecule has 0 aliphatic carbocycles. The van der Waals surface area contributed by atoms with Crippen LogP contribution in [0.2, 0.25) is 0 Å². The van der Waals surface area contributed by atoms with Gasteiger partial charge in [-0.2, -0.15) is 11.8 Å². The van der Waals surface area contributed by atoms with Gasteiger partial charge in [0.1, 0.15) is 97.2 Å². The number of aliphatic carboxylic acids is 1. The van der Waals surface area contributed by atoms with Gasteiger partial charge >= 0.3 is 5.97 Å². The van der Waals surface area contributed by atoms with Crippen molar-refractivity contribution in [3.8, 4) is 0 Å². The summed E-state index contributed by atoms with van der Waals surface area (Å²) in [6.45, 7) is 30.4. The van der Waals surface area contributed by atoms with Gasteiger partial charge in [-0.1, -0.05) is 124 Å². The van der Waals surface area contributed by atoms with E-state index in [9.17, 15) is 96.2 Å². The number of nitrogens with two attached hydrogens (primary N) is 3. The quantitative estimate of drug-likeness (QED) is 0.0265. The number of aliphatic hydroxyl groups is 1. The smallest absolute Gasteiger partial charge is 0.322 e. The molecule has 43 heteroatoms. The van der Waals surface area contributed by atoms with Crippen molar-refractivity contribution in [3.05, 3.63) is 0 Å². The number of carboxylic acid groups (broad SMARTS) is 1. The number of carbonyl (C=O) groups is 19. The maximum absolute atomic E-state index is 14.4. The fraction of sp³-hybridized carbons (Fsp3) is 0.774. The highest BCUT2D eigenvalue weighted by molar-refractivity contribution is 7.98. The number of unbranched alkanes of at least 4 members (excludes halogenated alkanes) is 2. The van der Waals surface area contributed by atoms with Crippen molar-refractivity contribution in [1.82, 2.24) is 95.7 Å². The second kappa shape index (κ2) is 61.6. The normalized spacial score (nSPS) is 15.6. The molecular formula is C84H153N21O21S. The van der Waals surface area contributed by atoms with Crippen molar-refractivity contribution in [2.45, 2.75) is 319 Å². The summed E-state index contributed by atoms with van der Waals surface area (Å²) in [5.41, 5.74) is 17.6. The van der Waals surface area contributed by atoms with E-state index in [0.717, 1.165) is 0 Å². The number of aliphatic hydroxyl groups excluding tert-OH is 1. The molecule has 0 bridgehead atoms. The molecule has 18 atom stereocenters. The molecule has 0 heterocycles. The fourth-order valence-corrected chi connectivity index (χ4v) is 13.2. The van der Waals surface area contributed by atoms with Gasteiger partial charge in [0.25, 0.3) is 0 Å². The first kappa shape index (κ1) is 117. The minimum Gasteiger partial charge on any atom is -0.480 e. The molecule has 0 aromatic rings. The van der Waals surface area contributed by atoms with E-state index in [-0.39, 0.29) is 68.7 Å². The lowest BCUT2D eigenvalue weighted by Crippen LogP contribution is -2.61. The lowest BCUT2D eigenvalue weighted by molar-refractivity contribution is -0.138. The van der Waals surface area contributed by atoms with Crippen LogP contribution in [0.1, 0.15) is 222 Å². The SMILES string of the molecule is CC[C@H](C)[C@H](NC(=O)[C@H](CCCCN)NC(=O)[C@H](C)NC(=O)[C@H](CCCCN)NC(=O)[C@@H](N)CCSC)C(=O)N[C@H](C(=O)N[C@@H](CC(C)C)C(=O)NCC(=O)N[C@@H](C)C(=O)N[C@H](C(=O)N[C@H](C(=O)N[C@@H](CC(C)C)C(=O)N[C@@H](C)C(=O)N[C@@H](CO)C(=O)NCC(=O)N[C@@H](CC(C)C)C(=O)N[C@@H](CC(C)C)C(=O)N[C@@H](C)C(=O)NCC(=O)O)[C@@H](C)CC)C(C)C)C(C)C. The van der Waals surface area contributed by atoms with E-state index in [4.69, 9.17) is 22.3 Å². The van der Waals surface area contributed by atoms with Crippen molar-refractivity contribution in [2.75, 3.05) is 51.3 Å². The molecule has 0 radical (unpaired) electrons. The molecule has 18 amide bonds. The molecule has 0 fully saturated rings. The predicted octanol–water partition coefficient (Wildman–Crippen LogP) is -3.31. The second-order valence-corrected chi connectivity index (χ2v) is 35.9. The summed E-state index contributed by atoms with van der Waals surface area (Å²) >= 11 is 1.51. The van der Waals surface area contributed by atoms with Crippen LogP contribution >= 0.6 is 11.8 Å². The van der Waals surface area contributed by atoms with Crippen molar-refractivity contribution in [2.24, 2.45) is 64.5 Å². The molecule has 127 heavy (non-hydrogen) atoms. The third-order valence-electron chi connectivity index (χ3n) is 20.7. The Morgan fingerprint density at radius 3 is 0.976 bits per heavy atom. The zero-order chi connectivity index (χ0) is 97.4. The third kappa shape index (κ3) is 46.1. The number of carbonyl (C=O) groups excluding carboxylic acids is 18. The molecule has 42 nitrogen and oxygen atoms in total. The number of thioether (sulfide) groups is 1. The highest BCUT2D eigenvalue weighted by atomic mass is 32.2. The number of hydrogen-bond donors (Lipinski definition) is 23. The monoisotopic (exact) mass is 1820 g/mol. The van der Waals surface area contributed by atoms with Crippen LogP contribution in [0, 0.1) is 47.3 Å². The van der Waals surface area contributed by atoms with E-state index in [1.165, 1.54) is 39.5 Å². The summed E-state index contributed by atoms with van der Waals surface area (Å²) in [5, 5.41) is 65.2. The van der Waals surface area contributed by atoms with Gasteiger partial charge in [-0.15, -0.1) is 0 Å². The molecule has 0 aliphatic rings. The summed E-state index contributed by atoms with van der Waals surface area (Å²) in [6.07, 6.45) is 5.35. The van der Waals surface area contributed by atoms with Crippen LogP contribution in [0.4, 0.5) is 0 Å². The van der Waals surface area contributed by atoms with Crippen LogP contribution in [0.5, 0.6) is 0 Å². The summed E-state index contributed by atoms with van der Waals surface area (Å²) in [6, 6.07) is -20.2. The Bertz CT molecular complexity index is 3590. The van der Waals surface area contributed by atoms with Crippen LogP contribution in [-0.4, -0.2) is 271 Å². The molecule has 0 spiro atoms. The van der Waals surface area contributed by atoms with Gasteiger partial charge in [0, 0.05) is 0 Å². The van der Waals surface area contributed by atoms with Crippen molar-refractivity contribution in [1.29, 1.82) is 0 Å². The minimum absolute atomic E-state index is 0.0114. The van der Waals surface area contributed by atoms with E-state index in [2.05, 4.69) is 95.7 Å².